The summed E-state index contributed by atoms with van der Waals surface area (Å²) in [6.45, 7) is 14.0. The molecule has 2 rings (SSSR count). The molecule has 0 aliphatic heterocycles. The smallest absolute Gasteiger partial charge is 0.442 e. The lowest BCUT2D eigenvalue weighted by Gasteiger charge is -2.38. The number of benzene rings is 1. The van der Waals surface area contributed by atoms with Crippen LogP contribution in [0.25, 0.3) is 10.9 Å². The first-order valence-corrected chi connectivity index (χ1v) is 9.49. The molecule has 0 aliphatic carbocycles. The predicted molar refractivity (Wildman–Crippen MR) is 110 cm³/mol. The Bertz CT molecular complexity index is 862. The van der Waals surface area contributed by atoms with Crippen LogP contribution in [0, 0.1) is 0 Å². The molecule has 28 heavy (non-hydrogen) atoms. The van der Waals surface area contributed by atoms with E-state index >= 15 is 0 Å². The normalized spacial score (nSPS) is 13.1. The summed E-state index contributed by atoms with van der Waals surface area (Å²) in [5.74, 6) is 0. The fourth-order valence-electron chi connectivity index (χ4n) is 2.55. The van der Waals surface area contributed by atoms with Crippen LogP contribution < -0.4 is 5.46 Å². The minimum atomic E-state index is -1.28. The second-order valence-corrected chi connectivity index (χ2v) is 9.01. The Morgan fingerprint density at radius 1 is 1.18 bits per heavy atom. The van der Waals surface area contributed by atoms with Crippen LogP contribution in [0.3, 0.4) is 0 Å². The highest BCUT2D eigenvalue weighted by Gasteiger charge is 2.39. The van der Waals surface area contributed by atoms with Gasteiger partial charge in [0.05, 0.1) is 22.4 Å². The van der Waals surface area contributed by atoms with Gasteiger partial charge in [-0.1, -0.05) is 19.1 Å². The van der Waals surface area contributed by atoms with Crippen molar-refractivity contribution in [2.24, 2.45) is 0 Å². The molecule has 7 nitrogen and oxygen atoms in total. The zero-order chi connectivity index (χ0) is 21.5. The third-order valence-electron chi connectivity index (χ3n) is 4.85. The maximum atomic E-state index is 12.6. The minimum Gasteiger partial charge on any atom is -0.442 e. The van der Waals surface area contributed by atoms with E-state index in [1.165, 1.54) is 4.68 Å². The highest BCUT2D eigenvalue weighted by molar-refractivity contribution is 6.60. The average molecular weight is 390 g/mol. The van der Waals surface area contributed by atoms with E-state index < -0.39 is 30.0 Å². The molecule has 2 aromatic rings. The van der Waals surface area contributed by atoms with Gasteiger partial charge in [0.2, 0.25) is 0 Å². The SMILES string of the molecule is CCc1nn(C(=O)OC(C)(C)C)c2cc(B(O)OC(C)(C)C(C)(C)O)ccc12. The quantitative estimate of drug-likeness (QED) is 0.763. The maximum Gasteiger partial charge on any atom is 0.491 e. The number of nitrogens with zero attached hydrogens (tertiary/aromatic N) is 2. The van der Waals surface area contributed by atoms with Gasteiger partial charge in [-0.15, -0.1) is 0 Å². The van der Waals surface area contributed by atoms with Gasteiger partial charge in [-0.2, -0.15) is 9.78 Å². The van der Waals surface area contributed by atoms with Crippen LogP contribution in [0.15, 0.2) is 18.2 Å². The van der Waals surface area contributed by atoms with Crippen LogP contribution in [0.1, 0.15) is 61.1 Å². The second-order valence-electron chi connectivity index (χ2n) is 9.01. The summed E-state index contributed by atoms with van der Waals surface area (Å²) in [6, 6.07) is 5.20. The summed E-state index contributed by atoms with van der Waals surface area (Å²) in [6.07, 6.45) is 0.0674. The number of carbonyl (C=O) groups excluding carboxylic acids is 1. The molecule has 1 heterocycles. The van der Waals surface area contributed by atoms with Gasteiger partial charge >= 0.3 is 13.2 Å². The van der Waals surface area contributed by atoms with E-state index in [0.717, 1.165) is 11.1 Å². The number of carbonyl (C=O) groups is 1. The maximum absolute atomic E-state index is 12.6. The van der Waals surface area contributed by atoms with Gasteiger partial charge in [0.1, 0.15) is 5.60 Å². The van der Waals surface area contributed by atoms with Crippen LogP contribution in [-0.2, 0) is 15.8 Å². The molecular weight excluding hydrogens is 359 g/mol. The lowest BCUT2D eigenvalue weighted by atomic mass is 9.76. The van der Waals surface area contributed by atoms with E-state index in [9.17, 15) is 14.9 Å². The van der Waals surface area contributed by atoms with E-state index in [1.54, 1.807) is 66.7 Å². The van der Waals surface area contributed by atoms with Crippen molar-refractivity contribution in [2.75, 3.05) is 0 Å². The molecule has 0 aliphatic rings. The van der Waals surface area contributed by atoms with Gasteiger partial charge in [0.15, 0.2) is 0 Å². The molecule has 0 fully saturated rings. The summed E-state index contributed by atoms with van der Waals surface area (Å²) < 4.78 is 12.4. The Morgan fingerprint density at radius 3 is 2.29 bits per heavy atom. The summed E-state index contributed by atoms with van der Waals surface area (Å²) in [4.78, 5) is 12.6. The number of aryl methyl sites for hydroxylation is 1. The molecular formula is C20H31BN2O5. The van der Waals surface area contributed by atoms with Gasteiger partial charge in [-0.25, -0.2) is 4.79 Å². The van der Waals surface area contributed by atoms with E-state index in [2.05, 4.69) is 5.10 Å². The number of hydrogen-bond donors (Lipinski definition) is 2. The van der Waals surface area contributed by atoms with Gasteiger partial charge in [0, 0.05) is 5.39 Å². The highest BCUT2D eigenvalue weighted by atomic mass is 16.6. The molecule has 0 saturated carbocycles. The van der Waals surface area contributed by atoms with E-state index in [0.29, 0.717) is 17.4 Å². The molecule has 0 unspecified atom stereocenters. The molecule has 0 amide bonds. The fraction of sp³-hybridized carbons (Fsp3) is 0.600. The molecule has 0 spiro atoms. The Kier molecular flexibility index (Phi) is 6.00. The number of rotatable bonds is 5. The van der Waals surface area contributed by atoms with Crippen LogP contribution in [0.5, 0.6) is 0 Å². The van der Waals surface area contributed by atoms with Crippen LogP contribution >= 0.6 is 0 Å². The van der Waals surface area contributed by atoms with Crippen molar-refractivity contribution < 1.29 is 24.3 Å². The Balaban J connectivity index is 2.46. The molecule has 1 aromatic carbocycles. The lowest BCUT2D eigenvalue weighted by Crippen LogP contribution is -2.53. The molecule has 2 N–H and O–H groups in total. The topological polar surface area (TPSA) is 93.8 Å². The van der Waals surface area contributed by atoms with Gasteiger partial charge in [0.25, 0.3) is 0 Å². The lowest BCUT2D eigenvalue weighted by molar-refractivity contribution is -0.0982. The van der Waals surface area contributed by atoms with Crippen molar-refractivity contribution in [3.8, 4) is 0 Å². The van der Waals surface area contributed by atoms with Crippen LogP contribution in [-0.4, -0.2) is 49.9 Å². The second kappa shape index (κ2) is 7.50. The summed E-state index contributed by atoms with van der Waals surface area (Å²) in [5.41, 5.74) is -1.06. The standard InChI is InChI=1S/C20H31BN2O5/c1-9-15-14-11-10-13(21(26)28-20(7,8)19(5,6)25)12-16(14)23(22-15)17(24)27-18(2,3)4/h10-12,25-26H,9H2,1-8H3. The van der Waals surface area contributed by atoms with Crippen molar-refractivity contribution >= 4 is 29.6 Å². The van der Waals surface area contributed by atoms with E-state index in [1.807, 2.05) is 6.92 Å². The van der Waals surface area contributed by atoms with Crippen LogP contribution in [0.2, 0.25) is 0 Å². The van der Waals surface area contributed by atoms with Gasteiger partial charge in [-0.05, 0) is 66.4 Å². The van der Waals surface area contributed by atoms with Crippen molar-refractivity contribution in [1.29, 1.82) is 0 Å². The number of aromatic nitrogens is 2. The highest BCUT2D eigenvalue weighted by Crippen LogP contribution is 2.26. The van der Waals surface area contributed by atoms with Gasteiger partial charge < -0.3 is 19.5 Å². The average Bonchev–Trinajstić information content (AvgIpc) is 2.89. The number of ether oxygens (including phenoxy) is 1. The summed E-state index contributed by atoms with van der Waals surface area (Å²) >= 11 is 0. The summed E-state index contributed by atoms with van der Waals surface area (Å²) in [5, 5.41) is 26.0. The zero-order valence-electron chi connectivity index (χ0n) is 18.0. The number of fused-ring (bicyclic) bond motifs is 1. The Hall–Kier alpha value is -1.90. The number of aliphatic hydroxyl groups is 1. The van der Waals surface area contributed by atoms with Crippen molar-refractivity contribution in [2.45, 2.75) is 78.6 Å². The third-order valence-corrected chi connectivity index (χ3v) is 4.85. The van der Waals surface area contributed by atoms with E-state index in [4.69, 9.17) is 9.39 Å². The van der Waals surface area contributed by atoms with Crippen molar-refractivity contribution in [1.82, 2.24) is 9.78 Å². The van der Waals surface area contributed by atoms with Crippen LogP contribution in [0.4, 0.5) is 4.79 Å². The molecule has 0 radical (unpaired) electrons. The molecule has 0 saturated heterocycles. The van der Waals surface area contributed by atoms with Crippen molar-refractivity contribution in [3.05, 3.63) is 23.9 Å². The zero-order valence-corrected chi connectivity index (χ0v) is 18.0. The first kappa shape index (κ1) is 22.4. The third kappa shape index (κ3) is 4.74. The molecule has 0 atom stereocenters. The molecule has 8 heteroatoms. The largest absolute Gasteiger partial charge is 0.491 e. The van der Waals surface area contributed by atoms with Crippen molar-refractivity contribution in [3.63, 3.8) is 0 Å². The monoisotopic (exact) mass is 390 g/mol. The molecule has 0 bridgehead atoms. The Morgan fingerprint density at radius 2 is 1.79 bits per heavy atom. The fourth-order valence-corrected chi connectivity index (χ4v) is 2.55. The first-order chi connectivity index (χ1) is 12.7. The molecule has 1 aromatic heterocycles. The Labute approximate surface area is 166 Å². The number of hydrogen-bond acceptors (Lipinski definition) is 6. The van der Waals surface area contributed by atoms with Gasteiger partial charge in [-0.3, -0.25) is 0 Å². The minimum absolute atomic E-state index is 0.456. The van der Waals surface area contributed by atoms with E-state index in [-0.39, 0.29) is 0 Å². The summed E-state index contributed by atoms with van der Waals surface area (Å²) in [7, 11) is -1.28. The molecule has 154 valence electrons. The predicted octanol–water partition coefficient (Wildman–Crippen LogP) is 2.64. The first-order valence-electron chi connectivity index (χ1n) is 9.49.